The summed E-state index contributed by atoms with van der Waals surface area (Å²) in [5.41, 5.74) is 1.47. The van der Waals surface area contributed by atoms with Crippen molar-refractivity contribution in [3.8, 4) is 5.75 Å². The van der Waals surface area contributed by atoms with Crippen molar-refractivity contribution >= 4 is 44.7 Å². The molecule has 0 bridgehead atoms. The average Bonchev–Trinajstić information content (AvgIpc) is 3.20. The maximum Gasteiger partial charge on any atom is 0.295 e. The quantitative estimate of drug-likeness (QED) is 0.397. The monoisotopic (exact) mass is 465 g/mol. The van der Waals surface area contributed by atoms with Crippen molar-refractivity contribution in [3.05, 3.63) is 55.7 Å². The van der Waals surface area contributed by atoms with Crippen LogP contribution in [0.25, 0.3) is 5.76 Å². The predicted molar refractivity (Wildman–Crippen MR) is 111 cm³/mol. The molecular weight excluding hydrogens is 446 g/mol. The summed E-state index contributed by atoms with van der Waals surface area (Å²) >= 11 is 4.84. The Hall–Kier alpha value is -2.16. The number of hydrogen-bond acceptors (Lipinski definition) is 6. The van der Waals surface area contributed by atoms with E-state index >= 15 is 0 Å². The lowest BCUT2D eigenvalue weighted by atomic mass is 9.98. The number of ether oxygens (including phenoxy) is 2. The third-order valence-electron chi connectivity index (χ3n) is 4.65. The first kappa shape index (κ1) is 20.6. The smallest absolute Gasteiger partial charge is 0.295 e. The van der Waals surface area contributed by atoms with Crippen molar-refractivity contribution in [1.29, 1.82) is 0 Å². The number of rotatable bonds is 6. The van der Waals surface area contributed by atoms with Crippen LogP contribution in [0.4, 0.5) is 0 Å². The second kappa shape index (κ2) is 8.46. The fraction of sp³-hybridized carbons (Fsp3) is 0.300. The number of Topliss-reactive ketones (excluding diaryl/α,β-unsaturated/α-hetero) is 1. The molecule has 1 unspecified atom stereocenters. The number of aliphatic hydroxyl groups excluding tert-OH is 1. The van der Waals surface area contributed by atoms with Gasteiger partial charge in [0, 0.05) is 24.1 Å². The van der Waals surface area contributed by atoms with Gasteiger partial charge in [0.25, 0.3) is 11.7 Å². The van der Waals surface area contributed by atoms with Crippen LogP contribution in [0.5, 0.6) is 5.75 Å². The first-order valence-corrected chi connectivity index (χ1v) is 10.2. The van der Waals surface area contributed by atoms with Crippen molar-refractivity contribution in [2.75, 3.05) is 27.4 Å². The maximum atomic E-state index is 12.8. The Kier molecular flexibility index (Phi) is 6.22. The molecule has 8 heteroatoms. The van der Waals surface area contributed by atoms with E-state index in [0.29, 0.717) is 22.4 Å². The predicted octanol–water partition coefficient (Wildman–Crippen LogP) is 3.90. The summed E-state index contributed by atoms with van der Waals surface area (Å²) in [4.78, 5) is 27.8. The van der Waals surface area contributed by atoms with E-state index in [1.807, 2.05) is 18.4 Å². The number of aliphatic hydroxyl groups is 1. The standard InChI is InChI=1S/C20H20BrNO5S/c1-11-6-9-28-19(11)16-15(18(24)20(25)22(16)7-8-26-2)17(23)12-4-5-14(27-3)13(21)10-12/h4-6,9-10,16,23H,7-8H2,1-3H3/b17-15-. The highest BCUT2D eigenvalue weighted by Crippen LogP contribution is 2.42. The largest absolute Gasteiger partial charge is 0.507 e. The number of carbonyl (C=O) groups excluding carboxylic acids is 2. The van der Waals surface area contributed by atoms with Gasteiger partial charge in [-0.25, -0.2) is 0 Å². The van der Waals surface area contributed by atoms with E-state index in [1.165, 1.54) is 23.3 Å². The molecule has 1 aromatic heterocycles. The summed E-state index contributed by atoms with van der Waals surface area (Å²) in [5, 5.41) is 12.9. The van der Waals surface area contributed by atoms with Crippen LogP contribution < -0.4 is 4.74 Å². The minimum atomic E-state index is -0.696. The van der Waals surface area contributed by atoms with E-state index in [0.717, 1.165) is 10.4 Å². The number of halogens is 1. The third-order valence-corrected chi connectivity index (χ3v) is 6.34. The van der Waals surface area contributed by atoms with E-state index in [9.17, 15) is 14.7 Å². The molecule has 0 aliphatic carbocycles. The zero-order chi connectivity index (χ0) is 20.4. The molecule has 1 atom stereocenters. The Morgan fingerprint density at radius 3 is 2.61 bits per heavy atom. The third kappa shape index (κ3) is 3.59. The van der Waals surface area contributed by atoms with Crippen molar-refractivity contribution in [1.82, 2.24) is 4.90 Å². The van der Waals surface area contributed by atoms with Crippen LogP contribution in [0.1, 0.15) is 22.0 Å². The lowest BCUT2D eigenvalue weighted by molar-refractivity contribution is -0.140. The first-order valence-electron chi connectivity index (χ1n) is 8.56. The van der Waals surface area contributed by atoms with E-state index in [1.54, 1.807) is 25.3 Å². The molecule has 6 nitrogen and oxygen atoms in total. The van der Waals surface area contributed by atoms with Crippen LogP contribution >= 0.6 is 27.3 Å². The number of thiophene rings is 1. The summed E-state index contributed by atoms with van der Waals surface area (Å²) in [7, 11) is 3.08. The molecule has 148 valence electrons. The number of methoxy groups -OCH3 is 2. The number of aryl methyl sites for hydroxylation is 1. The normalized spacial score (nSPS) is 18.7. The molecule has 2 aromatic rings. The Morgan fingerprint density at radius 2 is 2.04 bits per heavy atom. The van der Waals surface area contributed by atoms with Crippen LogP contribution in [0.3, 0.4) is 0 Å². The van der Waals surface area contributed by atoms with Crippen LogP contribution in [0.15, 0.2) is 39.7 Å². The zero-order valence-corrected chi connectivity index (χ0v) is 18.1. The second-order valence-electron chi connectivity index (χ2n) is 6.30. The van der Waals surface area contributed by atoms with Gasteiger partial charge in [0.05, 0.1) is 29.8 Å². The molecule has 3 rings (SSSR count). The molecule has 2 heterocycles. The topological polar surface area (TPSA) is 76.1 Å². The summed E-state index contributed by atoms with van der Waals surface area (Å²) in [6.45, 7) is 2.47. The fourth-order valence-electron chi connectivity index (χ4n) is 3.21. The average molecular weight is 466 g/mol. The van der Waals surface area contributed by atoms with Gasteiger partial charge in [0.2, 0.25) is 0 Å². The lowest BCUT2D eigenvalue weighted by Gasteiger charge is -2.24. The molecule has 0 spiro atoms. The second-order valence-corrected chi connectivity index (χ2v) is 8.10. The van der Waals surface area contributed by atoms with Gasteiger partial charge in [0.1, 0.15) is 11.5 Å². The highest BCUT2D eigenvalue weighted by Gasteiger charge is 2.46. The molecule has 0 radical (unpaired) electrons. The molecule has 1 amide bonds. The van der Waals surface area contributed by atoms with Gasteiger partial charge in [-0.1, -0.05) is 0 Å². The molecule has 1 aliphatic rings. The molecular formula is C20H20BrNO5S. The Balaban J connectivity index is 2.16. The Labute approximate surface area is 175 Å². The van der Waals surface area contributed by atoms with E-state index in [2.05, 4.69) is 15.9 Å². The van der Waals surface area contributed by atoms with E-state index in [-0.39, 0.29) is 17.9 Å². The Morgan fingerprint density at radius 1 is 1.29 bits per heavy atom. The van der Waals surface area contributed by atoms with Gasteiger partial charge in [-0.3, -0.25) is 9.59 Å². The summed E-state index contributed by atoms with van der Waals surface area (Å²) in [6, 6.07) is 6.29. The van der Waals surface area contributed by atoms with E-state index in [4.69, 9.17) is 9.47 Å². The minimum absolute atomic E-state index is 0.0868. The summed E-state index contributed by atoms with van der Waals surface area (Å²) in [6.07, 6.45) is 0. The number of amides is 1. The van der Waals surface area contributed by atoms with Gasteiger partial charge in [-0.15, -0.1) is 11.3 Å². The van der Waals surface area contributed by atoms with Gasteiger partial charge >= 0.3 is 0 Å². The fourth-order valence-corrected chi connectivity index (χ4v) is 4.79. The molecule has 0 saturated carbocycles. The highest BCUT2D eigenvalue weighted by molar-refractivity contribution is 9.10. The zero-order valence-electron chi connectivity index (χ0n) is 15.7. The first-order chi connectivity index (χ1) is 13.4. The van der Waals surface area contributed by atoms with Crippen LogP contribution in [0, 0.1) is 6.92 Å². The number of ketones is 1. The van der Waals surface area contributed by atoms with Gasteiger partial charge < -0.3 is 19.5 Å². The minimum Gasteiger partial charge on any atom is -0.507 e. The molecule has 1 aromatic carbocycles. The maximum absolute atomic E-state index is 12.8. The van der Waals surface area contributed by atoms with Crippen molar-refractivity contribution < 1.29 is 24.2 Å². The molecule has 1 saturated heterocycles. The lowest BCUT2D eigenvalue weighted by Crippen LogP contribution is -2.32. The van der Waals surface area contributed by atoms with Gasteiger partial charge in [-0.2, -0.15) is 0 Å². The molecule has 1 N–H and O–H groups in total. The van der Waals surface area contributed by atoms with Gasteiger partial charge in [-0.05, 0) is 58.1 Å². The van der Waals surface area contributed by atoms with Crippen molar-refractivity contribution in [2.45, 2.75) is 13.0 Å². The number of nitrogens with zero attached hydrogens (tertiary/aromatic N) is 1. The number of hydrogen-bond donors (Lipinski definition) is 1. The number of benzene rings is 1. The van der Waals surface area contributed by atoms with Crippen LogP contribution in [-0.2, 0) is 14.3 Å². The molecule has 1 fully saturated rings. The molecule has 1 aliphatic heterocycles. The summed E-state index contributed by atoms with van der Waals surface area (Å²) < 4.78 is 11.0. The highest BCUT2D eigenvalue weighted by atomic mass is 79.9. The van der Waals surface area contributed by atoms with Crippen molar-refractivity contribution in [2.24, 2.45) is 0 Å². The number of carbonyl (C=O) groups is 2. The molecule has 28 heavy (non-hydrogen) atoms. The van der Waals surface area contributed by atoms with Crippen molar-refractivity contribution in [3.63, 3.8) is 0 Å². The van der Waals surface area contributed by atoms with Crippen LogP contribution in [-0.4, -0.2) is 49.1 Å². The SMILES string of the molecule is COCCN1C(=O)C(=O)/C(=C(\O)c2ccc(OC)c(Br)c2)C1c1sccc1C. The van der Waals surface area contributed by atoms with Gasteiger partial charge in [0.15, 0.2) is 0 Å². The van der Waals surface area contributed by atoms with E-state index < -0.39 is 17.7 Å². The Bertz CT molecular complexity index is 952. The van der Waals surface area contributed by atoms with Crippen LogP contribution in [0.2, 0.25) is 0 Å². The number of likely N-dealkylation sites (tertiary alicyclic amines) is 1. The summed E-state index contributed by atoms with van der Waals surface area (Å²) in [5.74, 6) is -0.940.